The van der Waals surface area contributed by atoms with Crippen molar-refractivity contribution in [1.29, 1.82) is 0 Å². The Balaban J connectivity index is 1.94. The van der Waals surface area contributed by atoms with Crippen molar-refractivity contribution in [3.05, 3.63) is 85.2 Å². The summed E-state index contributed by atoms with van der Waals surface area (Å²) in [6.07, 6.45) is 0. The van der Waals surface area contributed by atoms with Crippen molar-refractivity contribution in [2.75, 3.05) is 0 Å². The molecule has 2 aliphatic carbocycles. The van der Waals surface area contributed by atoms with Gasteiger partial charge in [-0.2, -0.15) is 0 Å². The van der Waals surface area contributed by atoms with Crippen LogP contribution < -0.4 is 0 Å². The number of hydrogen-bond acceptors (Lipinski definition) is 0. The van der Waals surface area contributed by atoms with Crippen LogP contribution in [-0.2, 0) is 20.4 Å². The van der Waals surface area contributed by atoms with E-state index in [0.717, 1.165) is 0 Å². The molecule has 0 amide bonds. The van der Waals surface area contributed by atoms with Crippen molar-refractivity contribution in [2.24, 2.45) is 5.92 Å². The fourth-order valence-electron chi connectivity index (χ4n) is 5.62. The van der Waals surface area contributed by atoms with Crippen LogP contribution in [-0.4, -0.2) is 5.43 Å². The Bertz CT molecular complexity index is 1150. The molecule has 0 saturated heterocycles. The van der Waals surface area contributed by atoms with E-state index in [1.165, 1.54) is 16.7 Å². The van der Waals surface area contributed by atoms with Crippen molar-refractivity contribution in [2.45, 2.75) is 58.3 Å². The first kappa shape index (κ1) is 22.0. The van der Waals surface area contributed by atoms with Crippen molar-refractivity contribution >= 4 is 11.0 Å². The first-order valence-corrected chi connectivity index (χ1v) is 20.0. The van der Waals surface area contributed by atoms with Gasteiger partial charge in [-0.25, -0.2) is 0 Å². The predicted molar refractivity (Wildman–Crippen MR) is 131 cm³/mol. The van der Waals surface area contributed by atoms with Gasteiger partial charge in [-0.05, 0) is 0 Å². The standard InChI is InChI=1S/C17H15.C9H13.C2H6Si.Zr/c1-12-11-15-9-6-10-16(17(15)13(12)2)14-7-4-3-5-8-14;1-6-5-7(2)9(4)8(6)3;1-3-2;/h3-11H,1-2H3;6H,1-4H3;1-2H3;. The molecule has 0 saturated carbocycles. The van der Waals surface area contributed by atoms with E-state index in [4.69, 9.17) is 0 Å². The van der Waals surface area contributed by atoms with Gasteiger partial charge in [-0.15, -0.1) is 0 Å². The number of benzene rings is 2. The quantitative estimate of drug-likeness (QED) is 0.380. The zero-order chi connectivity index (χ0) is 21.7. The van der Waals surface area contributed by atoms with E-state index < -0.39 is 20.4 Å². The van der Waals surface area contributed by atoms with Gasteiger partial charge in [-0.1, -0.05) is 0 Å². The Morgan fingerprint density at radius 2 is 1.40 bits per heavy atom. The van der Waals surface area contributed by atoms with Crippen LogP contribution in [0.25, 0.3) is 16.7 Å². The van der Waals surface area contributed by atoms with E-state index in [0.29, 0.717) is 9.54 Å². The Morgan fingerprint density at radius 1 is 0.733 bits per heavy atom. The molecule has 2 aliphatic rings. The minimum atomic E-state index is -1.92. The summed E-state index contributed by atoms with van der Waals surface area (Å²) in [5.41, 5.74) is 13.7. The summed E-state index contributed by atoms with van der Waals surface area (Å²) < 4.78 is 2.63. The van der Waals surface area contributed by atoms with Gasteiger partial charge in [0.05, 0.1) is 0 Å². The van der Waals surface area contributed by atoms with Crippen LogP contribution in [0.3, 0.4) is 0 Å². The molecule has 0 heterocycles. The maximum atomic E-state index is 2.61. The van der Waals surface area contributed by atoms with E-state index in [1.807, 2.05) is 3.28 Å². The van der Waals surface area contributed by atoms with Crippen molar-refractivity contribution < 1.29 is 20.4 Å². The molecule has 0 aliphatic heterocycles. The van der Waals surface area contributed by atoms with Gasteiger partial charge in [0.15, 0.2) is 0 Å². The van der Waals surface area contributed by atoms with Crippen LogP contribution >= 0.6 is 0 Å². The molecular weight excluding hydrogens is 456 g/mol. The third-order valence-corrected chi connectivity index (χ3v) is 26.6. The summed E-state index contributed by atoms with van der Waals surface area (Å²) in [6.45, 7) is 19.7. The van der Waals surface area contributed by atoms with Crippen molar-refractivity contribution in [3.63, 3.8) is 0 Å². The molecule has 0 nitrogen and oxygen atoms in total. The summed E-state index contributed by atoms with van der Waals surface area (Å²) in [7, 11) is 0. The Morgan fingerprint density at radius 3 is 1.97 bits per heavy atom. The molecule has 2 aromatic carbocycles. The topological polar surface area (TPSA) is 0 Å². The zero-order valence-electron chi connectivity index (χ0n) is 19.8. The second-order valence-electron chi connectivity index (χ2n) is 9.36. The summed E-state index contributed by atoms with van der Waals surface area (Å²) >= 11 is -1.92. The van der Waals surface area contributed by atoms with Crippen LogP contribution in [0.5, 0.6) is 0 Å². The normalized spacial score (nSPS) is 20.9. The summed E-state index contributed by atoms with van der Waals surface area (Å²) in [6, 6.07) is 18.1. The molecule has 2 atom stereocenters. The number of rotatable bonds is 3. The number of allylic oxidation sites excluding steroid dienone is 6. The van der Waals surface area contributed by atoms with E-state index in [2.05, 4.69) is 103 Å². The van der Waals surface area contributed by atoms with Gasteiger partial charge in [-0.3, -0.25) is 0 Å². The predicted octanol–water partition coefficient (Wildman–Crippen LogP) is 8.33. The molecule has 30 heavy (non-hydrogen) atoms. The molecule has 0 fully saturated rings. The van der Waals surface area contributed by atoms with Crippen molar-refractivity contribution in [3.8, 4) is 11.1 Å². The van der Waals surface area contributed by atoms with E-state index in [1.54, 1.807) is 33.4 Å². The molecule has 0 spiro atoms. The fourth-order valence-corrected chi connectivity index (χ4v) is 26.4. The second-order valence-corrected chi connectivity index (χ2v) is 26.7. The van der Waals surface area contributed by atoms with Gasteiger partial charge in [0, 0.05) is 0 Å². The molecule has 0 N–H and O–H groups in total. The molecule has 2 aromatic rings. The minimum absolute atomic E-state index is 0.346. The second kappa shape index (κ2) is 8.36. The van der Waals surface area contributed by atoms with E-state index in [-0.39, 0.29) is 5.43 Å². The first-order chi connectivity index (χ1) is 14.3. The van der Waals surface area contributed by atoms with Gasteiger partial charge < -0.3 is 0 Å². The average Bonchev–Trinajstić information content (AvgIpc) is 3.10. The monoisotopic (exact) mass is 488 g/mol. The van der Waals surface area contributed by atoms with Crippen LogP contribution in [0.1, 0.15) is 56.3 Å². The third-order valence-electron chi connectivity index (χ3n) is 7.65. The van der Waals surface area contributed by atoms with Crippen LogP contribution in [0.15, 0.2) is 74.1 Å². The third kappa shape index (κ3) is 3.35. The van der Waals surface area contributed by atoms with Gasteiger partial charge >= 0.3 is 192 Å². The number of fused-ring (bicyclic) bond motifs is 1. The SMILES string of the molecule is CC1=C(C)C(C)[C]([Zr]([CH]2C(C)=C(C)c3c(-c4ccccc4)cccc32)=[Si](C)C)=C1C. The van der Waals surface area contributed by atoms with E-state index >= 15 is 0 Å². The zero-order valence-corrected chi connectivity index (χ0v) is 23.2. The Hall–Kier alpha value is -1.24. The molecule has 4 rings (SSSR count). The van der Waals surface area contributed by atoms with Crippen LogP contribution in [0, 0.1) is 5.92 Å². The molecule has 0 bridgehead atoms. The first-order valence-electron chi connectivity index (χ1n) is 11.2. The molecular formula is C28H34SiZr. The van der Waals surface area contributed by atoms with Crippen LogP contribution in [0.2, 0.25) is 13.1 Å². The Labute approximate surface area is 191 Å². The summed E-state index contributed by atoms with van der Waals surface area (Å²) in [5.74, 6) is 0.661. The fraction of sp³-hybridized carbons (Fsp3) is 0.357. The van der Waals surface area contributed by atoms with Crippen LogP contribution in [0.4, 0.5) is 0 Å². The molecule has 2 heteroatoms. The Kier molecular flexibility index (Phi) is 6.12. The van der Waals surface area contributed by atoms with Crippen molar-refractivity contribution in [1.82, 2.24) is 0 Å². The summed E-state index contributed by atoms with van der Waals surface area (Å²) in [5, 5.41) is 0. The van der Waals surface area contributed by atoms with Gasteiger partial charge in [0.25, 0.3) is 0 Å². The van der Waals surface area contributed by atoms with Gasteiger partial charge in [0.2, 0.25) is 0 Å². The molecule has 2 unspecified atom stereocenters. The molecule has 0 radical (unpaired) electrons. The summed E-state index contributed by atoms with van der Waals surface area (Å²) in [4.78, 5) is 0. The molecule has 154 valence electrons. The molecule has 0 aromatic heterocycles. The average molecular weight is 490 g/mol. The maximum absolute atomic E-state index is 2.61. The van der Waals surface area contributed by atoms with E-state index in [9.17, 15) is 0 Å². The number of hydrogen-bond donors (Lipinski definition) is 0. The van der Waals surface area contributed by atoms with Gasteiger partial charge in [0.1, 0.15) is 0 Å².